The van der Waals surface area contributed by atoms with Crippen LogP contribution in [0.5, 0.6) is 0 Å². The van der Waals surface area contributed by atoms with Crippen molar-refractivity contribution in [3.8, 4) is 0 Å². The van der Waals surface area contributed by atoms with E-state index < -0.39 is 11.7 Å². The Morgan fingerprint density at radius 3 is 2.57 bits per heavy atom. The molecular weight excluding hydrogens is 290 g/mol. The van der Waals surface area contributed by atoms with Crippen LogP contribution in [0.25, 0.3) is 0 Å². The van der Waals surface area contributed by atoms with Crippen molar-refractivity contribution >= 4 is 34.8 Å². The van der Waals surface area contributed by atoms with Gasteiger partial charge in [-0.1, -0.05) is 11.6 Å². The average Bonchev–Trinajstić information content (AvgIpc) is 3.13. The predicted octanol–water partition coefficient (Wildman–Crippen LogP) is 3.87. The lowest BCUT2D eigenvalue weighted by molar-refractivity contribution is 0.0636. The first-order valence-corrected chi connectivity index (χ1v) is 7.37. The number of amides is 1. The number of anilines is 3. The van der Waals surface area contributed by atoms with E-state index in [0.29, 0.717) is 22.4 Å². The van der Waals surface area contributed by atoms with E-state index in [2.05, 4.69) is 10.2 Å². The first-order valence-electron chi connectivity index (χ1n) is 6.99. The number of ether oxygens (including phenoxy) is 1. The number of hydrogen-bond acceptors (Lipinski definition) is 4. The molecule has 0 spiro atoms. The Morgan fingerprint density at radius 2 is 2.05 bits per heavy atom. The number of nitrogens with zero attached hydrogens (tertiary/aromatic N) is 1. The predicted molar refractivity (Wildman–Crippen MR) is 87.1 cm³/mol. The molecule has 0 radical (unpaired) electrons. The van der Waals surface area contributed by atoms with E-state index in [1.807, 2.05) is 27.8 Å². The molecule has 0 bridgehead atoms. The molecule has 6 heteroatoms. The molecule has 1 aromatic carbocycles. The number of nitrogens with two attached hydrogens (primary N) is 1. The molecule has 2 rings (SSSR count). The monoisotopic (exact) mass is 311 g/mol. The average molecular weight is 312 g/mol. The molecule has 1 aliphatic rings. The lowest BCUT2D eigenvalue weighted by Gasteiger charge is -2.23. The molecule has 1 fully saturated rings. The van der Waals surface area contributed by atoms with Crippen LogP contribution in [0.15, 0.2) is 12.1 Å². The van der Waals surface area contributed by atoms with Gasteiger partial charge in [0.2, 0.25) is 0 Å². The zero-order chi connectivity index (χ0) is 15.8. The fourth-order valence-electron chi connectivity index (χ4n) is 2.03. The maximum Gasteiger partial charge on any atom is 0.412 e. The molecule has 0 unspecified atom stereocenters. The van der Waals surface area contributed by atoms with E-state index >= 15 is 0 Å². The SMILES string of the molecule is CN(c1cc(NC(=O)OC(C)(C)C)c(N)cc1Cl)C1CC1. The third-order valence-electron chi connectivity index (χ3n) is 3.23. The molecule has 1 aliphatic carbocycles. The van der Waals surface area contributed by atoms with Gasteiger partial charge in [-0.15, -0.1) is 0 Å². The Morgan fingerprint density at radius 1 is 1.43 bits per heavy atom. The number of rotatable bonds is 3. The van der Waals surface area contributed by atoms with Crippen LogP contribution in [0.2, 0.25) is 5.02 Å². The summed E-state index contributed by atoms with van der Waals surface area (Å²) in [5.41, 5.74) is 7.15. The Hall–Kier alpha value is -1.62. The van der Waals surface area contributed by atoms with Crippen molar-refractivity contribution in [1.82, 2.24) is 0 Å². The van der Waals surface area contributed by atoms with Crippen LogP contribution in [0.3, 0.4) is 0 Å². The summed E-state index contributed by atoms with van der Waals surface area (Å²) in [7, 11) is 1.99. The van der Waals surface area contributed by atoms with Gasteiger partial charge in [-0.3, -0.25) is 5.32 Å². The smallest absolute Gasteiger partial charge is 0.412 e. The molecule has 0 aromatic heterocycles. The molecule has 1 aromatic rings. The second-order valence-electron chi connectivity index (χ2n) is 6.36. The number of carbonyl (C=O) groups is 1. The van der Waals surface area contributed by atoms with Gasteiger partial charge in [-0.05, 0) is 45.7 Å². The van der Waals surface area contributed by atoms with Gasteiger partial charge in [0, 0.05) is 13.1 Å². The van der Waals surface area contributed by atoms with E-state index in [1.54, 1.807) is 12.1 Å². The summed E-state index contributed by atoms with van der Waals surface area (Å²) in [5, 5.41) is 3.26. The van der Waals surface area contributed by atoms with Crippen molar-refractivity contribution in [2.75, 3.05) is 23.0 Å². The van der Waals surface area contributed by atoms with Gasteiger partial charge in [-0.25, -0.2) is 4.79 Å². The highest BCUT2D eigenvalue weighted by molar-refractivity contribution is 6.33. The molecule has 0 heterocycles. The normalized spacial score (nSPS) is 14.7. The number of nitrogen functional groups attached to an aromatic ring is 1. The quantitative estimate of drug-likeness (QED) is 0.832. The van der Waals surface area contributed by atoms with E-state index in [-0.39, 0.29) is 0 Å². The summed E-state index contributed by atoms with van der Waals surface area (Å²) in [6.07, 6.45) is 1.79. The maximum atomic E-state index is 11.9. The van der Waals surface area contributed by atoms with Crippen LogP contribution in [-0.2, 0) is 4.74 Å². The van der Waals surface area contributed by atoms with Gasteiger partial charge in [0.1, 0.15) is 5.60 Å². The van der Waals surface area contributed by atoms with Crippen molar-refractivity contribution in [2.45, 2.75) is 45.3 Å². The lowest BCUT2D eigenvalue weighted by Crippen LogP contribution is -2.27. The molecule has 1 amide bonds. The van der Waals surface area contributed by atoms with Gasteiger partial charge in [-0.2, -0.15) is 0 Å². The summed E-state index contributed by atoms with van der Waals surface area (Å²) in [4.78, 5) is 14.0. The highest BCUT2D eigenvalue weighted by Crippen LogP contribution is 2.38. The lowest BCUT2D eigenvalue weighted by atomic mass is 10.2. The Balaban J connectivity index is 2.19. The highest BCUT2D eigenvalue weighted by atomic mass is 35.5. The summed E-state index contributed by atoms with van der Waals surface area (Å²) >= 11 is 6.25. The summed E-state index contributed by atoms with van der Waals surface area (Å²) in [6.45, 7) is 5.43. The van der Waals surface area contributed by atoms with Gasteiger partial charge in [0.15, 0.2) is 0 Å². The van der Waals surface area contributed by atoms with Crippen molar-refractivity contribution in [3.05, 3.63) is 17.2 Å². The molecule has 5 nitrogen and oxygen atoms in total. The maximum absolute atomic E-state index is 11.9. The highest BCUT2D eigenvalue weighted by Gasteiger charge is 2.28. The van der Waals surface area contributed by atoms with Crippen LogP contribution in [0.4, 0.5) is 21.9 Å². The fourth-order valence-corrected chi connectivity index (χ4v) is 2.33. The van der Waals surface area contributed by atoms with Gasteiger partial charge >= 0.3 is 6.09 Å². The van der Waals surface area contributed by atoms with E-state index in [0.717, 1.165) is 18.5 Å². The molecule has 3 N–H and O–H groups in total. The first kappa shape index (κ1) is 15.8. The molecular formula is C15H22ClN3O2. The number of carbonyl (C=O) groups excluding carboxylic acids is 1. The minimum atomic E-state index is -0.557. The summed E-state index contributed by atoms with van der Waals surface area (Å²) in [6, 6.07) is 3.96. The second-order valence-corrected chi connectivity index (χ2v) is 6.77. The second kappa shape index (κ2) is 5.64. The van der Waals surface area contributed by atoms with E-state index in [9.17, 15) is 4.79 Å². The Kier molecular flexibility index (Phi) is 4.23. The van der Waals surface area contributed by atoms with Crippen LogP contribution >= 0.6 is 11.6 Å². The third kappa shape index (κ3) is 4.17. The van der Waals surface area contributed by atoms with Crippen LogP contribution in [-0.4, -0.2) is 24.8 Å². The number of hydrogen-bond donors (Lipinski definition) is 2. The molecule has 116 valence electrons. The minimum Gasteiger partial charge on any atom is -0.444 e. The fraction of sp³-hybridized carbons (Fsp3) is 0.533. The number of benzene rings is 1. The van der Waals surface area contributed by atoms with Gasteiger partial charge in [0.05, 0.1) is 22.1 Å². The van der Waals surface area contributed by atoms with E-state index in [1.165, 1.54) is 0 Å². The van der Waals surface area contributed by atoms with Crippen LogP contribution in [0.1, 0.15) is 33.6 Å². The topological polar surface area (TPSA) is 67.6 Å². The van der Waals surface area contributed by atoms with Crippen LogP contribution < -0.4 is 16.0 Å². The van der Waals surface area contributed by atoms with Crippen LogP contribution in [0, 0.1) is 0 Å². The molecule has 1 saturated carbocycles. The zero-order valence-electron chi connectivity index (χ0n) is 12.9. The largest absolute Gasteiger partial charge is 0.444 e. The first-order chi connectivity index (χ1) is 9.67. The number of halogens is 1. The summed E-state index contributed by atoms with van der Waals surface area (Å²) in [5.74, 6) is 0. The third-order valence-corrected chi connectivity index (χ3v) is 3.53. The van der Waals surface area contributed by atoms with Gasteiger partial charge in [0.25, 0.3) is 0 Å². The molecule has 0 atom stereocenters. The molecule has 0 saturated heterocycles. The minimum absolute atomic E-state index is 0.416. The van der Waals surface area contributed by atoms with E-state index in [4.69, 9.17) is 22.1 Å². The Bertz CT molecular complexity index is 551. The zero-order valence-corrected chi connectivity index (χ0v) is 13.6. The standard InChI is InChI=1S/C15H22ClN3O2/c1-15(2,3)21-14(20)18-12-8-13(10(16)7-11(12)17)19(4)9-5-6-9/h7-9H,5-6,17H2,1-4H3,(H,18,20). The van der Waals surface area contributed by atoms with Crippen molar-refractivity contribution in [2.24, 2.45) is 0 Å². The van der Waals surface area contributed by atoms with Crippen molar-refractivity contribution < 1.29 is 9.53 Å². The van der Waals surface area contributed by atoms with Crippen molar-refractivity contribution in [1.29, 1.82) is 0 Å². The molecule has 0 aliphatic heterocycles. The number of nitrogens with one attached hydrogen (secondary N) is 1. The summed E-state index contributed by atoms with van der Waals surface area (Å²) < 4.78 is 5.23. The van der Waals surface area contributed by atoms with Crippen molar-refractivity contribution in [3.63, 3.8) is 0 Å². The van der Waals surface area contributed by atoms with Gasteiger partial charge < -0.3 is 15.4 Å². The Labute approximate surface area is 130 Å². The molecule has 21 heavy (non-hydrogen) atoms.